The Morgan fingerprint density at radius 1 is 1.47 bits per heavy atom. The van der Waals surface area contributed by atoms with Crippen LogP contribution in [0.4, 0.5) is 0 Å². The summed E-state index contributed by atoms with van der Waals surface area (Å²) in [7, 11) is 0. The number of rotatable bonds is 4. The zero-order chi connectivity index (χ0) is 11.5. The van der Waals surface area contributed by atoms with Crippen LogP contribution in [0.2, 0.25) is 0 Å². The predicted molar refractivity (Wildman–Crippen MR) is 60.7 cm³/mol. The lowest BCUT2D eigenvalue weighted by Crippen LogP contribution is -2.27. The van der Waals surface area contributed by atoms with Crippen LogP contribution in [0.5, 0.6) is 0 Å². The van der Waals surface area contributed by atoms with Crippen LogP contribution in [0.25, 0.3) is 0 Å². The Morgan fingerprint density at radius 2 is 2.13 bits per heavy atom. The molecule has 0 aromatic rings. The van der Waals surface area contributed by atoms with E-state index < -0.39 is 0 Å². The SMILES string of the molecule is CC(C)(C)CC(=O)[C@@H]1CCN(CCO)C1. The molecule has 1 rings (SSSR count). The molecule has 0 saturated carbocycles. The second kappa shape index (κ2) is 5.08. The molecule has 1 aliphatic rings. The number of hydrogen-bond acceptors (Lipinski definition) is 3. The van der Waals surface area contributed by atoms with Gasteiger partial charge in [-0.05, 0) is 18.4 Å². The first-order valence-electron chi connectivity index (χ1n) is 5.78. The normalized spacial score (nSPS) is 23.3. The van der Waals surface area contributed by atoms with Gasteiger partial charge in [-0.1, -0.05) is 20.8 Å². The molecule has 0 unspecified atom stereocenters. The standard InChI is InChI=1S/C12H23NO2/c1-12(2,3)8-11(15)10-4-5-13(9-10)6-7-14/h10,14H,4-9H2,1-3H3/t10-/m1/s1. The fourth-order valence-corrected chi connectivity index (χ4v) is 2.11. The first kappa shape index (κ1) is 12.7. The Morgan fingerprint density at radius 3 is 2.67 bits per heavy atom. The van der Waals surface area contributed by atoms with Crippen LogP contribution >= 0.6 is 0 Å². The number of likely N-dealkylation sites (tertiary alicyclic amines) is 1. The molecule has 3 nitrogen and oxygen atoms in total. The third kappa shape index (κ3) is 4.31. The first-order chi connectivity index (χ1) is 6.92. The number of carbonyl (C=O) groups excluding carboxylic acids is 1. The molecule has 0 aromatic carbocycles. The van der Waals surface area contributed by atoms with Gasteiger partial charge in [-0.25, -0.2) is 0 Å². The molecule has 1 fully saturated rings. The van der Waals surface area contributed by atoms with Gasteiger partial charge in [0.25, 0.3) is 0 Å². The van der Waals surface area contributed by atoms with Crippen molar-refractivity contribution in [3.05, 3.63) is 0 Å². The molecule has 1 heterocycles. The molecule has 1 N–H and O–H groups in total. The number of carbonyl (C=O) groups is 1. The van der Waals surface area contributed by atoms with Gasteiger partial charge in [0.15, 0.2) is 0 Å². The monoisotopic (exact) mass is 213 g/mol. The predicted octanol–water partition coefficient (Wildman–Crippen LogP) is 1.31. The zero-order valence-corrected chi connectivity index (χ0v) is 10.1. The smallest absolute Gasteiger partial charge is 0.137 e. The Bertz CT molecular complexity index is 220. The van der Waals surface area contributed by atoms with Crippen LogP contribution in [0.1, 0.15) is 33.6 Å². The molecule has 15 heavy (non-hydrogen) atoms. The molecular formula is C12H23NO2. The maximum atomic E-state index is 11.9. The highest BCUT2D eigenvalue weighted by atomic mass is 16.3. The third-order valence-corrected chi connectivity index (χ3v) is 2.85. The summed E-state index contributed by atoms with van der Waals surface area (Å²) in [5.41, 5.74) is 0.0987. The van der Waals surface area contributed by atoms with E-state index in [0.717, 1.165) is 19.5 Å². The molecule has 1 aliphatic heterocycles. The van der Waals surface area contributed by atoms with E-state index >= 15 is 0 Å². The highest BCUT2D eigenvalue weighted by Crippen LogP contribution is 2.25. The maximum absolute atomic E-state index is 11.9. The van der Waals surface area contributed by atoms with E-state index in [-0.39, 0.29) is 17.9 Å². The zero-order valence-electron chi connectivity index (χ0n) is 10.1. The average molecular weight is 213 g/mol. The van der Waals surface area contributed by atoms with Crippen LogP contribution < -0.4 is 0 Å². The Kier molecular flexibility index (Phi) is 4.29. The number of ketones is 1. The summed E-state index contributed by atoms with van der Waals surface area (Å²) >= 11 is 0. The van der Waals surface area contributed by atoms with Gasteiger partial charge in [0.1, 0.15) is 5.78 Å². The number of β-amino-alcohol motifs (C(OH)–C–C–N with tert-alkyl or cyclic N) is 1. The van der Waals surface area contributed by atoms with Crippen molar-refractivity contribution in [2.75, 3.05) is 26.2 Å². The molecule has 0 aromatic heterocycles. The summed E-state index contributed by atoms with van der Waals surface area (Å²) in [5, 5.41) is 8.81. The summed E-state index contributed by atoms with van der Waals surface area (Å²) in [4.78, 5) is 14.1. The Labute approximate surface area is 92.5 Å². The van der Waals surface area contributed by atoms with Crippen molar-refractivity contribution in [3.63, 3.8) is 0 Å². The average Bonchev–Trinajstić information content (AvgIpc) is 2.50. The molecule has 3 heteroatoms. The number of hydrogen-bond donors (Lipinski definition) is 1. The van der Waals surface area contributed by atoms with E-state index in [4.69, 9.17) is 5.11 Å². The van der Waals surface area contributed by atoms with Gasteiger partial charge in [0.05, 0.1) is 6.61 Å². The molecule has 0 spiro atoms. The van der Waals surface area contributed by atoms with Gasteiger partial charge >= 0.3 is 0 Å². The molecule has 0 bridgehead atoms. The Hall–Kier alpha value is -0.410. The minimum Gasteiger partial charge on any atom is -0.395 e. The van der Waals surface area contributed by atoms with Gasteiger partial charge < -0.3 is 10.0 Å². The van der Waals surface area contributed by atoms with E-state index in [2.05, 4.69) is 25.7 Å². The van der Waals surface area contributed by atoms with Gasteiger partial charge in [0, 0.05) is 25.4 Å². The lowest BCUT2D eigenvalue weighted by atomic mass is 9.85. The van der Waals surface area contributed by atoms with Crippen LogP contribution in [0.15, 0.2) is 0 Å². The molecule has 0 radical (unpaired) electrons. The van der Waals surface area contributed by atoms with Gasteiger partial charge in [-0.3, -0.25) is 4.79 Å². The maximum Gasteiger partial charge on any atom is 0.137 e. The lowest BCUT2D eigenvalue weighted by molar-refractivity contribution is -0.124. The minimum atomic E-state index is 0.0987. The second-order valence-corrected chi connectivity index (χ2v) is 5.71. The highest BCUT2D eigenvalue weighted by Gasteiger charge is 2.29. The van der Waals surface area contributed by atoms with Crippen LogP contribution in [0, 0.1) is 11.3 Å². The lowest BCUT2D eigenvalue weighted by Gasteiger charge is -2.20. The minimum absolute atomic E-state index is 0.0987. The quantitative estimate of drug-likeness (QED) is 0.765. The first-order valence-corrected chi connectivity index (χ1v) is 5.78. The summed E-state index contributed by atoms with van der Waals surface area (Å²) < 4.78 is 0. The second-order valence-electron chi connectivity index (χ2n) is 5.71. The van der Waals surface area contributed by atoms with E-state index in [1.807, 2.05) is 0 Å². The van der Waals surface area contributed by atoms with Gasteiger partial charge in [-0.15, -0.1) is 0 Å². The molecule has 1 saturated heterocycles. The number of nitrogens with zero attached hydrogens (tertiary/aromatic N) is 1. The van der Waals surface area contributed by atoms with Crippen molar-refractivity contribution >= 4 is 5.78 Å². The summed E-state index contributed by atoms with van der Waals surface area (Å²) in [6.07, 6.45) is 1.64. The fraction of sp³-hybridized carbons (Fsp3) is 0.917. The number of aliphatic hydroxyl groups is 1. The fourth-order valence-electron chi connectivity index (χ4n) is 2.11. The topological polar surface area (TPSA) is 40.5 Å². The number of aliphatic hydroxyl groups excluding tert-OH is 1. The van der Waals surface area contributed by atoms with Crippen molar-refractivity contribution in [3.8, 4) is 0 Å². The van der Waals surface area contributed by atoms with Crippen molar-refractivity contribution in [1.29, 1.82) is 0 Å². The van der Waals surface area contributed by atoms with E-state index in [9.17, 15) is 4.79 Å². The van der Waals surface area contributed by atoms with E-state index in [1.54, 1.807) is 0 Å². The van der Waals surface area contributed by atoms with Crippen LogP contribution in [0.3, 0.4) is 0 Å². The van der Waals surface area contributed by atoms with E-state index in [0.29, 0.717) is 18.7 Å². The molecular weight excluding hydrogens is 190 g/mol. The van der Waals surface area contributed by atoms with Crippen molar-refractivity contribution in [2.45, 2.75) is 33.6 Å². The van der Waals surface area contributed by atoms with Gasteiger partial charge in [-0.2, -0.15) is 0 Å². The van der Waals surface area contributed by atoms with Crippen molar-refractivity contribution in [2.24, 2.45) is 11.3 Å². The molecule has 0 aliphatic carbocycles. The highest BCUT2D eigenvalue weighted by molar-refractivity contribution is 5.82. The Balaban J connectivity index is 2.37. The van der Waals surface area contributed by atoms with Crippen LogP contribution in [-0.4, -0.2) is 42.0 Å². The number of Topliss-reactive ketones (excluding diaryl/α,β-unsaturated/α-hetero) is 1. The van der Waals surface area contributed by atoms with Gasteiger partial charge in [0.2, 0.25) is 0 Å². The summed E-state index contributed by atoms with van der Waals surface area (Å²) in [6, 6.07) is 0. The summed E-state index contributed by atoms with van der Waals surface area (Å²) in [5.74, 6) is 0.596. The van der Waals surface area contributed by atoms with E-state index in [1.165, 1.54) is 0 Å². The molecule has 0 amide bonds. The van der Waals surface area contributed by atoms with Crippen molar-refractivity contribution < 1.29 is 9.90 Å². The summed E-state index contributed by atoms with van der Waals surface area (Å²) in [6.45, 7) is 9.01. The third-order valence-electron chi connectivity index (χ3n) is 2.85. The molecule has 88 valence electrons. The van der Waals surface area contributed by atoms with Crippen molar-refractivity contribution in [1.82, 2.24) is 4.90 Å². The largest absolute Gasteiger partial charge is 0.395 e. The molecule has 1 atom stereocenters. The van der Waals surface area contributed by atoms with Crippen LogP contribution in [-0.2, 0) is 4.79 Å².